The molecule has 0 atom stereocenters. The van der Waals surface area contributed by atoms with Crippen molar-refractivity contribution < 1.29 is 0 Å². The molecule has 1 aromatic heterocycles. The van der Waals surface area contributed by atoms with Crippen molar-refractivity contribution in [1.82, 2.24) is 19.5 Å². The molecule has 5 heteroatoms. The molecule has 18 heavy (non-hydrogen) atoms. The number of aryl methyl sites for hydroxylation is 1. The Hall–Kier alpha value is -1.59. The minimum Gasteiger partial charge on any atom is -0.312 e. The average Bonchev–Trinajstić information content (AvgIpc) is 2.70. The van der Waals surface area contributed by atoms with Gasteiger partial charge < -0.3 is 9.47 Å². The third-order valence-electron chi connectivity index (χ3n) is 3.55. The smallest absolute Gasteiger partial charge is 0.218 e. The molecule has 0 radical (unpaired) electrons. The Kier molecular flexibility index (Phi) is 2.93. The largest absolute Gasteiger partial charge is 0.312 e. The lowest BCUT2D eigenvalue weighted by Gasteiger charge is -2.32. The molecule has 0 aliphatic carbocycles. The van der Waals surface area contributed by atoms with Crippen LogP contribution in [0, 0.1) is 0 Å². The highest BCUT2D eigenvalue weighted by atomic mass is 15.6. The van der Waals surface area contributed by atoms with Crippen molar-refractivity contribution in [2.75, 3.05) is 38.7 Å². The number of imidazole rings is 1. The van der Waals surface area contributed by atoms with Gasteiger partial charge in [0.25, 0.3) is 0 Å². The number of anilines is 1. The number of hydrogen-bond acceptors (Lipinski definition) is 4. The lowest BCUT2D eigenvalue weighted by molar-refractivity contribution is 0.177. The van der Waals surface area contributed by atoms with Gasteiger partial charge in [-0.25, -0.2) is 9.99 Å². The molecule has 0 saturated carbocycles. The SMILES string of the molecule is CN1CCN(Nc2nc3ccccc3n2C)CC1. The van der Waals surface area contributed by atoms with E-state index in [-0.39, 0.29) is 0 Å². The van der Waals surface area contributed by atoms with E-state index in [0.29, 0.717) is 0 Å². The van der Waals surface area contributed by atoms with Crippen molar-refractivity contribution in [3.63, 3.8) is 0 Å². The first kappa shape index (κ1) is 11.5. The number of nitrogens with one attached hydrogen (secondary N) is 1. The Morgan fingerprint density at radius 1 is 1.06 bits per heavy atom. The van der Waals surface area contributed by atoms with Crippen molar-refractivity contribution in [3.05, 3.63) is 24.3 Å². The molecule has 1 aliphatic heterocycles. The fourth-order valence-electron chi connectivity index (χ4n) is 2.31. The highest BCUT2D eigenvalue weighted by molar-refractivity contribution is 5.78. The molecule has 5 nitrogen and oxygen atoms in total. The van der Waals surface area contributed by atoms with E-state index in [4.69, 9.17) is 0 Å². The Labute approximate surface area is 107 Å². The standard InChI is InChI=1S/C13H19N5/c1-16-7-9-18(10-8-16)15-13-14-11-5-3-4-6-12(11)17(13)2/h3-6H,7-10H2,1-2H3,(H,14,15). The van der Waals surface area contributed by atoms with Crippen molar-refractivity contribution in [2.45, 2.75) is 0 Å². The molecule has 1 saturated heterocycles. The first-order valence-electron chi connectivity index (χ1n) is 6.35. The van der Waals surface area contributed by atoms with Gasteiger partial charge in [0.2, 0.25) is 5.95 Å². The van der Waals surface area contributed by atoms with Gasteiger partial charge in [0.1, 0.15) is 0 Å². The maximum atomic E-state index is 4.62. The molecule has 1 aromatic carbocycles. The van der Waals surface area contributed by atoms with Gasteiger partial charge in [-0.15, -0.1) is 0 Å². The van der Waals surface area contributed by atoms with E-state index in [9.17, 15) is 0 Å². The molecule has 0 amide bonds. The summed E-state index contributed by atoms with van der Waals surface area (Å²) in [5.74, 6) is 0.917. The predicted octanol–water partition coefficient (Wildman–Crippen LogP) is 1.15. The van der Waals surface area contributed by atoms with E-state index in [1.807, 2.05) is 25.2 Å². The zero-order chi connectivity index (χ0) is 12.5. The number of hydrazine groups is 1. The summed E-state index contributed by atoms with van der Waals surface area (Å²) in [5.41, 5.74) is 5.62. The van der Waals surface area contributed by atoms with Crippen LogP contribution in [0.4, 0.5) is 5.95 Å². The quantitative estimate of drug-likeness (QED) is 0.861. The Morgan fingerprint density at radius 2 is 1.78 bits per heavy atom. The molecule has 1 aliphatic rings. The van der Waals surface area contributed by atoms with Crippen molar-refractivity contribution in [3.8, 4) is 0 Å². The van der Waals surface area contributed by atoms with E-state index in [1.165, 1.54) is 0 Å². The topological polar surface area (TPSA) is 36.3 Å². The van der Waals surface area contributed by atoms with Crippen molar-refractivity contribution in [1.29, 1.82) is 0 Å². The van der Waals surface area contributed by atoms with E-state index in [1.54, 1.807) is 0 Å². The van der Waals surface area contributed by atoms with Gasteiger partial charge in [0.15, 0.2) is 0 Å². The van der Waals surface area contributed by atoms with Gasteiger partial charge in [-0.2, -0.15) is 0 Å². The van der Waals surface area contributed by atoms with Gasteiger partial charge in [-0.1, -0.05) is 12.1 Å². The third-order valence-corrected chi connectivity index (χ3v) is 3.55. The zero-order valence-corrected chi connectivity index (χ0v) is 10.9. The number of nitrogens with zero attached hydrogens (tertiary/aromatic N) is 4. The van der Waals surface area contributed by atoms with Crippen molar-refractivity contribution >= 4 is 17.0 Å². The summed E-state index contributed by atoms with van der Waals surface area (Å²) in [4.78, 5) is 6.96. The van der Waals surface area contributed by atoms with E-state index in [0.717, 1.165) is 43.2 Å². The van der Waals surface area contributed by atoms with Crippen LogP contribution in [-0.2, 0) is 7.05 Å². The summed E-state index contributed by atoms with van der Waals surface area (Å²) >= 11 is 0. The first-order chi connectivity index (χ1) is 8.74. The van der Waals surface area contributed by atoms with Gasteiger partial charge >= 0.3 is 0 Å². The molecule has 1 N–H and O–H groups in total. The van der Waals surface area contributed by atoms with Crippen LogP contribution in [0.25, 0.3) is 11.0 Å². The summed E-state index contributed by atoms with van der Waals surface area (Å²) in [6.07, 6.45) is 0. The molecular weight excluding hydrogens is 226 g/mol. The summed E-state index contributed by atoms with van der Waals surface area (Å²) < 4.78 is 2.10. The van der Waals surface area contributed by atoms with E-state index in [2.05, 4.69) is 38.0 Å². The second-order valence-corrected chi connectivity index (χ2v) is 4.89. The summed E-state index contributed by atoms with van der Waals surface area (Å²) in [5, 5.41) is 2.24. The van der Waals surface area contributed by atoms with Crippen LogP contribution in [0.2, 0.25) is 0 Å². The highest BCUT2D eigenvalue weighted by Gasteiger charge is 2.15. The Bertz CT molecular complexity index is 539. The van der Waals surface area contributed by atoms with Crippen LogP contribution in [-0.4, -0.2) is 52.7 Å². The van der Waals surface area contributed by atoms with Gasteiger partial charge in [0, 0.05) is 33.2 Å². The first-order valence-corrected chi connectivity index (χ1v) is 6.35. The van der Waals surface area contributed by atoms with Gasteiger partial charge in [-0.05, 0) is 19.2 Å². The zero-order valence-electron chi connectivity index (χ0n) is 10.9. The average molecular weight is 245 g/mol. The summed E-state index contributed by atoms with van der Waals surface area (Å²) in [7, 11) is 4.21. The second kappa shape index (κ2) is 4.59. The van der Waals surface area contributed by atoms with Crippen molar-refractivity contribution in [2.24, 2.45) is 7.05 Å². The maximum Gasteiger partial charge on any atom is 0.218 e. The number of rotatable bonds is 2. The Morgan fingerprint density at radius 3 is 2.50 bits per heavy atom. The van der Waals surface area contributed by atoms with Gasteiger partial charge in [-0.3, -0.25) is 5.43 Å². The minimum atomic E-state index is 0.917. The molecule has 2 aromatic rings. The third kappa shape index (κ3) is 2.07. The Balaban J connectivity index is 1.80. The molecule has 0 unspecified atom stereocenters. The lowest BCUT2D eigenvalue weighted by atomic mass is 10.3. The fourth-order valence-corrected chi connectivity index (χ4v) is 2.31. The van der Waals surface area contributed by atoms with E-state index >= 15 is 0 Å². The monoisotopic (exact) mass is 245 g/mol. The number of benzene rings is 1. The van der Waals surface area contributed by atoms with Crippen LogP contribution in [0.15, 0.2) is 24.3 Å². The minimum absolute atomic E-state index is 0.917. The van der Waals surface area contributed by atoms with Crippen LogP contribution >= 0.6 is 0 Å². The molecule has 96 valence electrons. The number of likely N-dealkylation sites (N-methyl/N-ethyl adjacent to an activating group) is 1. The van der Waals surface area contributed by atoms with Crippen LogP contribution in [0.1, 0.15) is 0 Å². The van der Waals surface area contributed by atoms with Crippen LogP contribution in [0.5, 0.6) is 0 Å². The predicted molar refractivity (Wildman–Crippen MR) is 73.4 cm³/mol. The molecule has 2 heterocycles. The van der Waals surface area contributed by atoms with Crippen LogP contribution < -0.4 is 5.43 Å². The van der Waals surface area contributed by atoms with Crippen LogP contribution in [0.3, 0.4) is 0 Å². The molecule has 3 rings (SSSR count). The number of piperazine rings is 1. The highest BCUT2D eigenvalue weighted by Crippen LogP contribution is 2.18. The normalized spacial score (nSPS) is 18.3. The molecular formula is C13H19N5. The number of para-hydroxylation sites is 2. The van der Waals surface area contributed by atoms with E-state index < -0.39 is 0 Å². The van der Waals surface area contributed by atoms with Gasteiger partial charge in [0.05, 0.1) is 11.0 Å². The molecule has 0 bridgehead atoms. The molecule has 1 fully saturated rings. The second-order valence-electron chi connectivity index (χ2n) is 4.89. The fraction of sp³-hybridized carbons (Fsp3) is 0.462. The lowest BCUT2D eigenvalue weighted by Crippen LogP contribution is -2.47. The number of fused-ring (bicyclic) bond motifs is 1. The number of hydrogen-bond donors (Lipinski definition) is 1. The summed E-state index contributed by atoms with van der Waals surface area (Å²) in [6, 6.07) is 8.21. The maximum absolute atomic E-state index is 4.62. The summed E-state index contributed by atoms with van der Waals surface area (Å²) in [6.45, 7) is 4.24. The molecule has 0 spiro atoms. The number of aromatic nitrogens is 2.